The first kappa shape index (κ1) is 12.1. The average Bonchev–Trinajstić information content (AvgIpc) is 2.78. The molecular formula is C12H14FN3S. The van der Waals surface area contributed by atoms with E-state index in [0.717, 1.165) is 27.7 Å². The van der Waals surface area contributed by atoms with Crippen molar-refractivity contribution in [3.05, 3.63) is 34.6 Å². The van der Waals surface area contributed by atoms with Crippen LogP contribution in [0.5, 0.6) is 0 Å². The van der Waals surface area contributed by atoms with E-state index in [-0.39, 0.29) is 5.82 Å². The fourth-order valence-corrected chi connectivity index (χ4v) is 2.38. The highest BCUT2D eigenvalue weighted by molar-refractivity contribution is 7.14. The SMILES string of the molecule is CCNCc1nnc(-c2cc(F)ccc2C)s1. The first-order valence-corrected chi connectivity index (χ1v) is 6.32. The Labute approximate surface area is 104 Å². The zero-order chi connectivity index (χ0) is 12.3. The van der Waals surface area contributed by atoms with E-state index in [4.69, 9.17) is 0 Å². The molecule has 0 fully saturated rings. The van der Waals surface area contributed by atoms with Crippen molar-refractivity contribution in [3.63, 3.8) is 0 Å². The molecule has 0 saturated heterocycles. The van der Waals surface area contributed by atoms with Crippen molar-refractivity contribution in [3.8, 4) is 10.6 Å². The van der Waals surface area contributed by atoms with E-state index in [0.29, 0.717) is 6.54 Å². The molecule has 1 heterocycles. The molecule has 0 radical (unpaired) electrons. The first-order chi connectivity index (χ1) is 8.20. The lowest BCUT2D eigenvalue weighted by Crippen LogP contribution is -2.11. The zero-order valence-corrected chi connectivity index (χ0v) is 10.6. The van der Waals surface area contributed by atoms with Crippen molar-refractivity contribution >= 4 is 11.3 Å². The number of rotatable bonds is 4. The lowest BCUT2D eigenvalue weighted by Gasteiger charge is -2.00. The van der Waals surface area contributed by atoms with Crippen molar-refractivity contribution in [1.82, 2.24) is 15.5 Å². The molecule has 0 aliphatic carbocycles. The molecule has 0 aliphatic rings. The molecule has 1 aromatic carbocycles. The van der Waals surface area contributed by atoms with Crippen LogP contribution in [-0.2, 0) is 6.54 Å². The van der Waals surface area contributed by atoms with Gasteiger partial charge in [-0.2, -0.15) is 0 Å². The third-order valence-corrected chi connectivity index (χ3v) is 3.38. The maximum Gasteiger partial charge on any atom is 0.148 e. The number of nitrogens with one attached hydrogen (secondary N) is 1. The minimum atomic E-state index is -0.242. The van der Waals surface area contributed by atoms with E-state index < -0.39 is 0 Å². The first-order valence-electron chi connectivity index (χ1n) is 5.50. The topological polar surface area (TPSA) is 37.8 Å². The molecule has 2 aromatic rings. The fourth-order valence-electron chi connectivity index (χ4n) is 1.49. The summed E-state index contributed by atoms with van der Waals surface area (Å²) in [6.45, 7) is 5.59. The molecule has 0 amide bonds. The molecule has 17 heavy (non-hydrogen) atoms. The predicted octanol–water partition coefficient (Wildman–Crippen LogP) is 2.76. The van der Waals surface area contributed by atoms with Crippen LogP contribution in [-0.4, -0.2) is 16.7 Å². The van der Waals surface area contributed by atoms with Gasteiger partial charge in [-0.15, -0.1) is 10.2 Å². The number of halogens is 1. The van der Waals surface area contributed by atoms with E-state index in [2.05, 4.69) is 15.5 Å². The Morgan fingerprint density at radius 1 is 1.35 bits per heavy atom. The number of aromatic nitrogens is 2. The lowest BCUT2D eigenvalue weighted by molar-refractivity contribution is 0.628. The lowest BCUT2D eigenvalue weighted by atomic mass is 10.1. The summed E-state index contributed by atoms with van der Waals surface area (Å²) >= 11 is 1.50. The second-order valence-corrected chi connectivity index (χ2v) is 4.80. The Morgan fingerprint density at radius 2 is 2.18 bits per heavy atom. The maximum absolute atomic E-state index is 13.2. The van der Waals surface area contributed by atoms with Gasteiger partial charge < -0.3 is 5.32 Å². The predicted molar refractivity (Wildman–Crippen MR) is 67.4 cm³/mol. The number of aryl methyl sites for hydroxylation is 1. The number of hydrogen-bond donors (Lipinski definition) is 1. The number of benzene rings is 1. The summed E-state index contributed by atoms with van der Waals surface area (Å²) in [7, 11) is 0. The van der Waals surface area contributed by atoms with Crippen molar-refractivity contribution < 1.29 is 4.39 Å². The molecule has 0 spiro atoms. The largest absolute Gasteiger partial charge is 0.311 e. The van der Waals surface area contributed by atoms with Crippen LogP contribution in [0, 0.1) is 12.7 Å². The van der Waals surface area contributed by atoms with Crippen molar-refractivity contribution in [1.29, 1.82) is 0 Å². The van der Waals surface area contributed by atoms with Gasteiger partial charge in [0, 0.05) is 12.1 Å². The third-order valence-electron chi connectivity index (χ3n) is 2.42. The Kier molecular flexibility index (Phi) is 3.81. The Morgan fingerprint density at radius 3 is 2.94 bits per heavy atom. The molecule has 0 saturated carbocycles. The van der Waals surface area contributed by atoms with E-state index in [1.807, 2.05) is 13.8 Å². The van der Waals surface area contributed by atoms with Crippen LogP contribution in [0.3, 0.4) is 0 Å². The standard InChI is InChI=1S/C12H14FN3S/c1-3-14-7-11-15-16-12(17-11)10-6-9(13)5-4-8(10)2/h4-6,14H,3,7H2,1-2H3. The molecule has 5 heteroatoms. The Bertz CT molecular complexity index is 510. The smallest absolute Gasteiger partial charge is 0.148 e. The van der Waals surface area contributed by atoms with Gasteiger partial charge in [-0.3, -0.25) is 0 Å². The van der Waals surface area contributed by atoms with E-state index >= 15 is 0 Å². The van der Waals surface area contributed by atoms with Crippen molar-refractivity contribution in [2.24, 2.45) is 0 Å². The average molecular weight is 251 g/mol. The molecule has 0 aliphatic heterocycles. The Hall–Kier alpha value is -1.33. The fraction of sp³-hybridized carbons (Fsp3) is 0.333. The quantitative estimate of drug-likeness (QED) is 0.908. The minimum absolute atomic E-state index is 0.242. The van der Waals surface area contributed by atoms with Gasteiger partial charge in [0.1, 0.15) is 15.8 Å². The highest BCUT2D eigenvalue weighted by Crippen LogP contribution is 2.27. The summed E-state index contributed by atoms with van der Waals surface area (Å²) in [5, 5.41) is 13.1. The molecule has 1 aromatic heterocycles. The monoisotopic (exact) mass is 251 g/mol. The van der Waals surface area contributed by atoms with E-state index in [1.54, 1.807) is 6.07 Å². The van der Waals surface area contributed by atoms with Gasteiger partial charge in [0.15, 0.2) is 0 Å². The van der Waals surface area contributed by atoms with Crippen LogP contribution in [0.15, 0.2) is 18.2 Å². The molecule has 0 unspecified atom stereocenters. The van der Waals surface area contributed by atoms with E-state index in [1.165, 1.54) is 23.5 Å². The van der Waals surface area contributed by atoms with Crippen LogP contribution in [0.4, 0.5) is 4.39 Å². The summed E-state index contributed by atoms with van der Waals surface area (Å²) < 4.78 is 13.2. The summed E-state index contributed by atoms with van der Waals surface area (Å²) in [6.07, 6.45) is 0. The molecule has 1 N–H and O–H groups in total. The zero-order valence-electron chi connectivity index (χ0n) is 9.83. The van der Waals surface area contributed by atoms with Gasteiger partial charge >= 0.3 is 0 Å². The number of nitrogens with zero attached hydrogens (tertiary/aromatic N) is 2. The third kappa shape index (κ3) is 2.87. The highest BCUT2D eigenvalue weighted by Gasteiger charge is 2.09. The summed E-state index contributed by atoms with van der Waals surface area (Å²) in [4.78, 5) is 0. The maximum atomic E-state index is 13.2. The molecule has 90 valence electrons. The van der Waals surface area contributed by atoms with Crippen molar-refractivity contribution in [2.75, 3.05) is 6.54 Å². The van der Waals surface area contributed by atoms with Crippen LogP contribution in [0.2, 0.25) is 0 Å². The molecule has 3 nitrogen and oxygen atoms in total. The summed E-state index contributed by atoms with van der Waals surface area (Å²) in [5.74, 6) is -0.242. The second kappa shape index (κ2) is 5.33. The van der Waals surface area contributed by atoms with Gasteiger partial charge in [-0.1, -0.05) is 24.3 Å². The molecule has 2 rings (SSSR count). The van der Waals surface area contributed by atoms with Gasteiger partial charge in [0.2, 0.25) is 0 Å². The van der Waals surface area contributed by atoms with Gasteiger partial charge in [-0.05, 0) is 31.2 Å². The van der Waals surface area contributed by atoms with Gasteiger partial charge in [0.05, 0.1) is 0 Å². The summed E-state index contributed by atoms with van der Waals surface area (Å²) in [6, 6.07) is 4.72. The van der Waals surface area contributed by atoms with Crippen LogP contribution >= 0.6 is 11.3 Å². The Balaban J connectivity index is 2.27. The minimum Gasteiger partial charge on any atom is -0.311 e. The van der Waals surface area contributed by atoms with Gasteiger partial charge in [0.25, 0.3) is 0 Å². The second-order valence-electron chi connectivity index (χ2n) is 3.74. The number of hydrogen-bond acceptors (Lipinski definition) is 4. The molecule has 0 atom stereocenters. The van der Waals surface area contributed by atoms with Crippen molar-refractivity contribution in [2.45, 2.75) is 20.4 Å². The summed E-state index contributed by atoms with van der Waals surface area (Å²) in [5.41, 5.74) is 1.84. The van der Waals surface area contributed by atoms with Crippen LogP contribution in [0.1, 0.15) is 17.5 Å². The normalized spacial score (nSPS) is 10.8. The van der Waals surface area contributed by atoms with Gasteiger partial charge in [-0.25, -0.2) is 4.39 Å². The van der Waals surface area contributed by atoms with Crippen LogP contribution in [0.25, 0.3) is 10.6 Å². The van der Waals surface area contributed by atoms with Crippen LogP contribution < -0.4 is 5.32 Å². The van der Waals surface area contributed by atoms with E-state index in [9.17, 15) is 4.39 Å². The molecule has 0 bridgehead atoms. The molecular weight excluding hydrogens is 237 g/mol. The highest BCUT2D eigenvalue weighted by atomic mass is 32.1.